The Bertz CT molecular complexity index is 462. The van der Waals surface area contributed by atoms with E-state index in [4.69, 9.17) is 11.5 Å². The molecule has 1 aromatic heterocycles. The van der Waals surface area contributed by atoms with Gasteiger partial charge in [0.1, 0.15) is 5.82 Å². The lowest BCUT2D eigenvalue weighted by molar-refractivity contribution is 0.0828. The highest BCUT2D eigenvalue weighted by molar-refractivity contribution is 5.98. The zero-order chi connectivity index (χ0) is 13.7. The van der Waals surface area contributed by atoms with Gasteiger partial charge in [0.25, 0.3) is 5.91 Å². The van der Waals surface area contributed by atoms with Gasteiger partial charge in [-0.05, 0) is 25.0 Å². The molecule has 0 aliphatic heterocycles. The van der Waals surface area contributed by atoms with Gasteiger partial charge in [0, 0.05) is 26.3 Å². The van der Waals surface area contributed by atoms with E-state index in [-0.39, 0.29) is 42.6 Å². The molecule has 5 nitrogen and oxygen atoms in total. The number of amides is 1. The number of hydrogen-bond acceptors (Lipinski definition) is 4. The molecule has 0 spiro atoms. The van der Waals surface area contributed by atoms with Crippen molar-refractivity contribution < 1.29 is 4.79 Å². The largest absolute Gasteiger partial charge is 0.383 e. The Morgan fingerprint density at radius 1 is 1.45 bits per heavy atom. The van der Waals surface area contributed by atoms with Crippen LogP contribution in [-0.4, -0.2) is 35.9 Å². The number of rotatable bonds is 4. The van der Waals surface area contributed by atoms with Gasteiger partial charge in [0.15, 0.2) is 0 Å². The van der Waals surface area contributed by atoms with Crippen molar-refractivity contribution in [3.63, 3.8) is 0 Å². The van der Waals surface area contributed by atoms with E-state index in [0.29, 0.717) is 5.56 Å². The van der Waals surface area contributed by atoms with Crippen LogP contribution in [-0.2, 0) is 0 Å². The average Bonchev–Trinajstić information content (AvgIpc) is 2.29. The zero-order valence-corrected chi connectivity index (χ0v) is 13.5. The van der Waals surface area contributed by atoms with Crippen molar-refractivity contribution in [1.82, 2.24) is 9.88 Å². The van der Waals surface area contributed by atoms with E-state index in [1.807, 2.05) is 19.1 Å². The summed E-state index contributed by atoms with van der Waals surface area (Å²) in [5.41, 5.74) is 12.6. The van der Waals surface area contributed by atoms with Gasteiger partial charge in [-0.2, -0.15) is 0 Å². The third kappa shape index (κ3) is 6.23. The molecule has 0 saturated carbocycles. The second-order valence-electron chi connectivity index (χ2n) is 4.52. The van der Waals surface area contributed by atoms with E-state index in [9.17, 15) is 4.79 Å². The number of hydrogen-bond donors (Lipinski definition) is 2. The van der Waals surface area contributed by atoms with Gasteiger partial charge in [-0.25, -0.2) is 4.98 Å². The fraction of sp³-hybridized carbons (Fsp3) is 0.385. The highest BCUT2D eigenvalue weighted by Crippen LogP contribution is 2.14. The molecule has 1 aromatic rings. The molecule has 4 N–H and O–H groups in total. The smallest absolute Gasteiger partial charge is 0.257 e. The van der Waals surface area contributed by atoms with E-state index in [0.717, 1.165) is 12.0 Å². The molecule has 1 rings (SSSR count). The summed E-state index contributed by atoms with van der Waals surface area (Å²) in [4.78, 5) is 17.4. The van der Waals surface area contributed by atoms with Crippen LogP contribution in [0.4, 0.5) is 5.82 Å². The highest BCUT2D eigenvalue weighted by atomic mass is 35.5. The third-order valence-electron chi connectivity index (χ3n) is 2.39. The van der Waals surface area contributed by atoms with E-state index in [1.165, 1.54) is 4.90 Å². The molecule has 0 bridgehead atoms. The fourth-order valence-corrected chi connectivity index (χ4v) is 1.41. The van der Waals surface area contributed by atoms with Gasteiger partial charge in [0.2, 0.25) is 0 Å². The number of nitrogens with zero attached hydrogens (tertiary/aromatic N) is 2. The first kappa shape index (κ1) is 21.0. The van der Waals surface area contributed by atoms with Crippen molar-refractivity contribution in [2.75, 3.05) is 19.8 Å². The van der Waals surface area contributed by atoms with Crippen molar-refractivity contribution in [3.8, 4) is 0 Å². The molecule has 0 fully saturated rings. The average molecular weight is 321 g/mol. The van der Waals surface area contributed by atoms with Crippen LogP contribution < -0.4 is 11.5 Å². The standard InChI is InChI=1S/C13H20N4O.2ClH/c1-9(14)5-4-6-10-7-11(12(15)16-8-10)13(18)17(2)3;;/h4,6-9H,5,14H2,1-3H3,(H2,15,16);2*1H/b6-4+;;/t9-;;/m0../s1. The molecule has 0 unspecified atom stereocenters. The molecule has 0 aliphatic rings. The Morgan fingerprint density at radius 2 is 2.05 bits per heavy atom. The summed E-state index contributed by atoms with van der Waals surface area (Å²) in [6.07, 6.45) is 6.27. The Labute approximate surface area is 132 Å². The summed E-state index contributed by atoms with van der Waals surface area (Å²) in [6.45, 7) is 1.94. The van der Waals surface area contributed by atoms with Crippen molar-refractivity contribution in [3.05, 3.63) is 29.5 Å². The lowest BCUT2D eigenvalue weighted by atomic mass is 10.1. The number of halogens is 2. The number of carbonyl (C=O) groups excluding carboxylic acids is 1. The molecule has 0 aliphatic carbocycles. The summed E-state index contributed by atoms with van der Waals surface area (Å²) in [5.74, 6) is 0.0977. The molecule has 1 atom stereocenters. The van der Waals surface area contributed by atoms with Crippen molar-refractivity contribution in [2.45, 2.75) is 19.4 Å². The lowest BCUT2D eigenvalue weighted by Gasteiger charge is -2.11. The van der Waals surface area contributed by atoms with Crippen LogP contribution in [0.2, 0.25) is 0 Å². The summed E-state index contributed by atoms with van der Waals surface area (Å²) in [7, 11) is 3.36. The predicted molar refractivity (Wildman–Crippen MR) is 88.5 cm³/mol. The van der Waals surface area contributed by atoms with Crippen molar-refractivity contribution in [1.29, 1.82) is 0 Å². The number of pyridine rings is 1. The minimum Gasteiger partial charge on any atom is -0.383 e. The zero-order valence-electron chi connectivity index (χ0n) is 11.9. The van der Waals surface area contributed by atoms with Crippen LogP contribution in [0.3, 0.4) is 0 Å². The van der Waals surface area contributed by atoms with Crippen LogP contribution >= 0.6 is 24.8 Å². The second kappa shape index (κ2) is 9.58. The topological polar surface area (TPSA) is 85.2 Å². The summed E-state index contributed by atoms with van der Waals surface area (Å²) in [5, 5.41) is 0. The van der Waals surface area contributed by atoms with Crippen LogP contribution in [0.5, 0.6) is 0 Å². The van der Waals surface area contributed by atoms with Gasteiger partial charge < -0.3 is 16.4 Å². The Morgan fingerprint density at radius 3 is 2.55 bits per heavy atom. The first-order valence-corrected chi connectivity index (χ1v) is 5.81. The highest BCUT2D eigenvalue weighted by Gasteiger charge is 2.12. The lowest BCUT2D eigenvalue weighted by Crippen LogP contribution is -2.23. The number of nitrogen functional groups attached to an aromatic ring is 1. The van der Waals surface area contributed by atoms with E-state index in [2.05, 4.69) is 4.98 Å². The van der Waals surface area contributed by atoms with Crippen LogP contribution in [0.15, 0.2) is 18.3 Å². The number of carbonyl (C=O) groups is 1. The van der Waals surface area contributed by atoms with Gasteiger partial charge in [-0.3, -0.25) is 4.79 Å². The molecule has 7 heteroatoms. The van der Waals surface area contributed by atoms with E-state index < -0.39 is 0 Å². The fourth-order valence-electron chi connectivity index (χ4n) is 1.41. The number of anilines is 1. The van der Waals surface area contributed by atoms with Gasteiger partial charge >= 0.3 is 0 Å². The summed E-state index contributed by atoms with van der Waals surface area (Å²) >= 11 is 0. The molecule has 0 saturated heterocycles. The van der Waals surface area contributed by atoms with Gasteiger partial charge in [-0.1, -0.05) is 12.2 Å². The first-order chi connectivity index (χ1) is 8.41. The van der Waals surface area contributed by atoms with Crippen molar-refractivity contribution in [2.24, 2.45) is 5.73 Å². The molecular weight excluding hydrogens is 299 g/mol. The van der Waals surface area contributed by atoms with Gasteiger partial charge in [0.05, 0.1) is 5.56 Å². The Balaban J connectivity index is 0. The Kier molecular flexibility index (Phi) is 10.1. The maximum atomic E-state index is 11.9. The quantitative estimate of drug-likeness (QED) is 0.888. The molecule has 1 heterocycles. The van der Waals surface area contributed by atoms with Crippen LogP contribution in [0, 0.1) is 0 Å². The molecule has 1 amide bonds. The summed E-state index contributed by atoms with van der Waals surface area (Å²) in [6, 6.07) is 1.85. The normalized spacial score (nSPS) is 11.4. The van der Waals surface area contributed by atoms with Crippen molar-refractivity contribution >= 4 is 42.6 Å². The van der Waals surface area contributed by atoms with E-state index in [1.54, 1.807) is 26.4 Å². The monoisotopic (exact) mass is 320 g/mol. The molecule has 0 aromatic carbocycles. The Hall–Kier alpha value is -1.30. The molecule has 114 valence electrons. The molecule has 0 radical (unpaired) electrons. The van der Waals surface area contributed by atoms with Crippen LogP contribution in [0.25, 0.3) is 6.08 Å². The van der Waals surface area contributed by atoms with E-state index >= 15 is 0 Å². The molecular formula is C13H22Cl2N4O. The third-order valence-corrected chi connectivity index (χ3v) is 2.39. The number of nitrogens with two attached hydrogens (primary N) is 2. The van der Waals surface area contributed by atoms with Gasteiger partial charge in [-0.15, -0.1) is 24.8 Å². The first-order valence-electron chi connectivity index (χ1n) is 5.81. The molecule has 20 heavy (non-hydrogen) atoms. The summed E-state index contributed by atoms with van der Waals surface area (Å²) < 4.78 is 0. The predicted octanol–water partition coefficient (Wildman–Crippen LogP) is 1.96. The minimum absolute atomic E-state index is 0. The minimum atomic E-state index is -0.151. The second-order valence-corrected chi connectivity index (χ2v) is 4.52. The maximum absolute atomic E-state index is 11.9. The number of aromatic nitrogens is 1. The SMILES string of the molecule is C[C@H](N)C/C=C/c1cnc(N)c(C(=O)N(C)C)c1.Cl.Cl. The van der Waals surface area contributed by atoms with Crippen LogP contribution in [0.1, 0.15) is 29.3 Å². The maximum Gasteiger partial charge on any atom is 0.257 e.